The van der Waals surface area contributed by atoms with Crippen LogP contribution in [0.2, 0.25) is 0 Å². The number of rotatable bonds is 7. The highest BCUT2D eigenvalue weighted by Crippen LogP contribution is 2.03. The average Bonchev–Trinajstić information content (AvgIpc) is 2.45. The van der Waals surface area contributed by atoms with Crippen molar-refractivity contribution >= 4 is 0 Å². The van der Waals surface area contributed by atoms with E-state index in [4.69, 9.17) is 4.74 Å². The van der Waals surface area contributed by atoms with Gasteiger partial charge in [-0.2, -0.15) is 0 Å². The summed E-state index contributed by atoms with van der Waals surface area (Å²) in [5, 5.41) is 3.36. The molecule has 0 fully saturated rings. The Balaban J connectivity index is 1.54. The van der Waals surface area contributed by atoms with Gasteiger partial charge in [-0.1, -0.05) is 6.07 Å². The molecule has 0 unspecified atom stereocenters. The highest BCUT2D eigenvalue weighted by atomic mass is 16.5. The van der Waals surface area contributed by atoms with Crippen LogP contribution in [0.1, 0.15) is 12.0 Å². The molecule has 4 heteroatoms. The number of pyridine rings is 2. The van der Waals surface area contributed by atoms with Crippen LogP contribution in [0.3, 0.4) is 0 Å². The molecule has 2 aromatic rings. The number of hydrogen-bond donors (Lipinski definition) is 1. The summed E-state index contributed by atoms with van der Waals surface area (Å²) < 4.78 is 5.50. The molecular formula is C14H17N3O. The van der Waals surface area contributed by atoms with Gasteiger partial charge in [0.15, 0.2) is 0 Å². The number of aromatic nitrogens is 2. The van der Waals surface area contributed by atoms with Crippen molar-refractivity contribution in [3.05, 3.63) is 54.5 Å². The summed E-state index contributed by atoms with van der Waals surface area (Å²) in [4.78, 5) is 8.08. The summed E-state index contributed by atoms with van der Waals surface area (Å²) in [6.07, 6.45) is 6.31. The molecule has 0 spiro atoms. The first-order valence-corrected chi connectivity index (χ1v) is 6.08. The van der Waals surface area contributed by atoms with E-state index in [9.17, 15) is 0 Å². The Hall–Kier alpha value is -1.94. The largest absolute Gasteiger partial charge is 0.478 e. The lowest BCUT2D eigenvalue weighted by molar-refractivity contribution is 0.296. The van der Waals surface area contributed by atoms with Crippen molar-refractivity contribution in [2.24, 2.45) is 0 Å². The van der Waals surface area contributed by atoms with E-state index in [1.54, 1.807) is 18.6 Å². The van der Waals surface area contributed by atoms with Gasteiger partial charge in [-0.15, -0.1) is 0 Å². The second-order valence-electron chi connectivity index (χ2n) is 3.90. The molecule has 2 heterocycles. The summed E-state index contributed by atoms with van der Waals surface area (Å²) >= 11 is 0. The van der Waals surface area contributed by atoms with Gasteiger partial charge in [-0.05, 0) is 36.7 Å². The van der Waals surface area contributed by atoms with Crippen molar-refractivity contribution < 1.29 is 4.74 Å². The normalized spacial score (nSPS) is 10.2. The third kappa shape index (κ3) is 4.51. The number of ether oxygens (including phenoxy) is 1. The summed E-state index contributed by atoms with van der Waals surface area (Å²) in [6.45, 7) is 2.47. The number of hydrogen-bond acceptors (Lipinski definition) is 4. The van der Waals surface area contributed by atoms with Crippen molar-refractivity contribution in [3.63, 3.8) is 0 Å². The molecule has 0 amide bonds. The molecule has 18 heavy (non-hydrogen) atoms. The fraction of sp³-hybridized carbons (Fsp3) is 0.286. The Kier molecular flexibility index (Phi) is 5.14. The lowest BCUT2D eigenvalue weighted by Gasteiger charge is -2.06. The van der Waals surface area contributed by atoms with Crippen LogP contribution in [0.25, 0.3) is 0 Å². The predicted octanol–water partition coefficient (Wildman–Crippen LogP) is 2.04. The molecule has 0 aliphatic heterocycles. The van der Waals surface area contributed by atoms with E-state index in [1.807, 2.05) is 30.3 Å². The summed E-state index contributed by atoms with van der Waals surface area (Å²) in [5.41, 5.74) is 1.25. The van der Waals surface area contributed by atoms with Crippen LogP contribution in [0.4, 0.5) is 0 Å². The topological polar surface area (TPSA) is 47.0 Å². The van der Waals surface area contributed by atoms with Gasteiger partial charge in [-0.3, -0.25) is 4.98 Å². The van der Waals surface area contributed by atoms with Crippen LogP contribution < -0.4 is 10.1 Å². The molecule has 0 saturated heterocycles. The molecule has 0 aliphatic carbocycles. The SMILES string of the molecule is c1ccc(OCCCNCc2ccncc2)nc1. The zero-order valence-corrected chi connectivity index (χ0v) is 10.2. The molecule has 94 valence electrons. The Morgan fingerprint density at radius 3 is 2.72 bits per heavy atom. The van der Waals surface area contributed by atoms with E-state index < -0.39 is 0 Å². The first kappa shape index (κ1) is 12.5. The lowest BCUT2D eigenvalue weighted by atomic mass is 10.3. The smallest absolute Gasteiger partial charge is 0.213 e. The second-order valence-corrected chi connectivity index (χ2v) is 3.90. The van der Waals surface area contributed by atoms with Crippen LogP contribution in [0.15, 0.2) is 48.9 Å². The molecule has 1 N–H and O–H groups in total. The predicted molar refractivity (Wildman–Crippen MR) is 70.3 cm³/mol. The first-order chi connectivity index (χ1) is 8.95. The number of nitrogens with zero attached hydrogens (tertiary/aromatic N) is 2. The zero-order chi connectivity index (χ0) is 12.5. The Morgan fingerprint density at radius 1 is 1.06 bits per heavy atom. The van der Waals surface area contributed by atoms with Crippen molar-refractivity contribution in [2.75, 3.05) is 13.2 Å². The first-order valence-electron chi connectivity index (χ1n) is 6.08. The molecule has 0 radical (unpaired) electrons. The zero-order valence-electron chi connectivity index (χ0n) is 10.2. The molecule has 0 saturated carbocycles. The van der Waals surface area contributed by atoms with Gasteiger partial charge in [0.25, 0.3) is 0 Å². The van der Waals surface area contributed by atoms with E-state index in [0.717, 1.165) is 19.5 Å². The van der Waals surface area contributed by atoms with Crippen LogP contribution in [0, 0.1) is 0 Å². The van der Waals surface area contributed by atoms with Gasteiger partial charge in [0, 0.05) is 31.2 Å². The quantitative estimate of drug-likeness (QED) is 0.756. The third-order valence-electron chi connectivity index (χ3n) is 2.46. The van der Waals surface area contributed by atoms with Crippen molar-refractivity contribution in [1.29, 1.82) is 0 Å². The van der Waals surface area contributed by atoms with Gasteiger partial charge in [0.1, 0.15) is 0 Å². The fourth-order valence-electron chi connectivity index (χ4n) is 1.54. The van der Waals surface area contributed by atoms with Crippen molar-refractivity contribution in [2.45, 2.75) is 13.0 Å². The summed E-state index contributed by atoms with van der Waals surface area (Å²) in [6, 6.07) is 9.69. The average molecular weight is 243 g/mol. The molecular weight excluding hydrogens is 226 g/mol. The maximum absolute atomic E-state index is 5.50. The van der Waals surface area contributed by atoms with E-state index >= 15 is 0 Å². The van der Waals surface area contributed by atoms with Gasteiger partial charge in [0.05, 0.1) is 6.61 Å². The van der Waals surface area contributed by atoms with E-state index in [1.165, 1.54) is 5.56 Å². The van der Waals surface area contributed by atoms with Gasteiger partial charge in [-0.25, -0.2) is 4.98 Å². The maximum Gasteiger partial charge on any atom is 0.213 e. The highest BCUT2D eigenvalue weighted by Gasteiger charge is 1.94. The minimum absolute atomic E-state index is 0.681. The molecule has 2 aromatic heterocycles. The summed E-state index contributed by atoms with van der Waals surface area (Å²) in [5.74, 6) is 0.687. The summed E-state index contributed by atoms with van der Waals surface area (Å²) in [7, 11) is 0. The minimum atomic E-state index is 0.681. The van der Waals surface area contributed by atoms with E-state index in [2.05, 4.69) is 15.3 Å². The van der Waals surface area contributed by atoms with Crippen LogP contribution in [0.5, 0.6) is 5.88 Å². The minimum Gasteiger partial charge on any atom is -0.478 e. The Labute approximate surface area is 107 Å². The Bertz CT molecular complexity index is 390. The van der Waals surface area contributed by atoms with Crippen LogP contribution in [-0.2, 0) is 6.54 Å². The Morgan fingerprint density at radius 2 is 1.94 bits per heavy atom. The number of nitrogens with one attached hydrogen (secondary N) is 1. The highest BCUT2D eigenvalue weighted by molar-refractivity contribution is 5.09. The van der Waals surface area contributed by atoms with Crippen LogP contribution >= 0.6 is 0 Å². The standard InChI is InChI=1S/C14H17N3O/c1-2-8-17-14(4-1)18-11-3-7-16-12-13-5-9-15-10-6-13/h1-2,4-6,8-10,16H,3,7,11-12H2. The maximum atomic E-state index is 5.50. The molecule has 0 aromatic carbocycles. The van der Waals surface area contributed by atoms with Crippen molar-refractivity contribution in [1.82, 2.24) is 15.3 Å². The molecule has 0 atom stereocenters. The van der Waals surface area contributed by atoms with E-state index in [0.29, 0.717) is 12.5 Å². The van der Waals surface area contributed by atoms with E-state index in [-0.39, 0.29) is 0 Å². The molecule has 4 nitrogen and oxygen atoms in total. The molecule has 2 rings (SSSR count). The monoisotopic (exact) mass is 243 g/mol. The van der Waals surface area contributed by atoms with Gasteiger partial charge >= 0.3 is 0 Å². The van der Waals surface area contributed by atoms with Gasteiger partial charge in [0.2, 0.25) is 5.88 Å². The third-order valence-corrected chi connectivity index (χ3v) is 2.46. The van der Waals surface area contributed by atoms with Crippen molar-refractivity contribution in [3.8, 4) is 5.88 Å². The molecule has 0 bridgehead atoms. The fourth-order valence-corrected chi connectivity index (χ4v) is 1.54. The second kappa shape index (κ2) is 7.40. The van der Waals surface area contributed by atoms with Gasteiger partial charge < -0.3 is 10.1 Å². The lowest BCUT2D eigenvalue weighted by Crippen LogP contribution is -2.17. The van der Waals surface area contributed by atoms with Crippen LogP contribution in [-0.4, -0.2) is 23.1 Å². The molecule has 0 aliphatic rings.